The van der Waals surface area contributed by atoms with Crippen LogP contribution < -0.4 is 33.2 Å². The van der Waals surface area contributed by atoms with Gasteiger partial charge in [-0.1, -0.05) is 36.4 Å². The first-order chi connectivity index (χ1) is 28.4. The standard InChI is InChI=1S/C48H52N2O8/c1-49-20-19-35-36(29-55-22-23-56-33-10-8-7-9-11-33)45(53-5)47(54-6)46-44(35)39(49)24-30-12-17-40(51-3)42(25-30)57-34-15-13-31(14-16-34)38-28-48(38)37-27-43(58-46)41(52-4)26-32(37)18-21-50(48)2/h7-17,25-27,38-39H,18-24,28-29H2,1-6H3/t38?,39-,48?/m0/s1. The molecular weight excluding hydrogens is 733 g/mol. The molecule has 6 bridgehead atoms. The number of benzene rings is 5. The molecule has 5 aromatic carbocycles. The summed E-state index contributed by atoms with van der Waals surface area (Å²) in [7, 11) is 11.2. The smallest absolute Gasteiger partial charge is 0.204 e. The third kappa shape index (κ3) is 6.67. The van der Waals surface area contributed by atoms with Crippen LogP contribution in [0.3, 0.4) is 0 Å². The maximum Gasteiger partial charge on any atom is 0.204 e. The van der Waals surface area contributed by atoms with Crippen LogP contribution in [-0.4, -0.2) is 78.6 Å². The van der Waals surface area contributed by atoms with Crippen molar-refractivity contribution in [2.75, 3.05) is 68.8 Å². The van der Waals surface area contributed by atoms with Crippen molar-refractivity contribution in [3.05, 3.63) is 124 Å². The summed E-state index contributed by atoms with van der Waals surface area (Å²) in [4.78, 5) is 4.91. The lowest BCUT2D eigenvalue weighted by Gasteiger charge is -2.39. The zero-order chi connectivity index (χ0) is 40.0. The molecule has 5 aliphatic rings. The Kier molecular flexibility index (Phi) is 10.3. The molecule has 0 saturated heterocycles. The van der Waals surface area contributed by atoms with Crippen LogP contribution >= 0.6 is 0 Å². The summed E-state index contributed by atoms with van der Waals surface area (Å²) < 4.78 is 50.7. The second-order valence-electron chi connectivity index (χ2n) is 15.7. The lowest BCUT2D eigenvalue weighted by molar-refractivity contribution is 0.0862. The Morgan fingerprint density at radius 3 is 2.28 bits per heavy atom. The predicted molar refractivity (Wildman–Crippen MR) is 222 cm³/mol. The van der Waals surface area contributed by atoms with Gasteiger partial charge in [0.05, 0.1) is 47.2 Å². The second-order valence-corrected chi connectivity index (χ2v) is 15.7. The van der Waals surface area contributed by atoms with Crippen molar-refractivity contribution in [3.8, 4) is 51.7 Å². The number of hydrogen-bond donors (Lipinski definition) is 0. The van der Waals surface area contributed by atoms with Crippen molar-refractivity contribution in [3.63, 3.8) is 0 Å². The van der Waals surface area contributed by atoms with Gasteiger partial charge in [-0.15, -0.1) is 0 Å². The van der Waals surface area contributed by atoms with Crippen LogP contribution in [0.25, 0.3) is 0 Å². The molecule has 0 N–H and O–H groups in total. The van der Waals surface area contributed by atoms with Gasteiger partial charge in [0.1, 0.15) is 18.1 Å². The average molecular weight is 785 g/mol. The molecule has 10 nitrogen and oxygen atoms in total. The van der Waals surface area contributed by atoms with E-state index in [4.69, 9.17) is 37.9 Å². The molecule has 10 heteroatoms. The number of fused-ring (bicyclic) bond motifs is 2. The van der Waals surface area contributed by atoms with Crippen LogP contribution in [0.1, 0.15) is 57.3 Å². The highest BCUT2D eigenvalue weighted by Gasteiger charge is 2.60. The fourth-order valence-electron chi connectivity index (χ4n) is 9.59. The topological polar surface area (TPSA) is 80.3 Å². The van der Waals surface area contributed by atoms with Crippen molar-refractivity contribution in [1.82, 2.24) is 9.80 Å². The Morgan fingerprint density at radius 2 is 1.52 bits per heavy atom. The number of ether oxygens (including phenoxy) is 8. The van der Waals surface area contributed by atoms with Crippen molar-refractivity contribution in [2.24, 2.45) is 0 Å². The number of nitrogens with zero attached hydrogens (tertiary/aromatic N) is 2. The molecule has 2 unspecified atom stereocenters. The number of hydrogen-bond acceptors (Lipinski definition) is 10. The fourth-order valence-corrected chi connectivity index (χ4v) is 9.59. The second kappa shape index (κ2) is 15.7. The van der Waals surface area contributed by atoms with Gasteiger partial charge in [-0.05, 0) is 116 Å². The zero-order valence-electron chi connectivity index (χ0n) is 34.3. The lowest BCUT2D eigenvalue weighted by atomic mass is 9.84. The predicted octanol–water partition coefficient (Wildman–Crippen LogP) is 8.86. The zero-order valence-corrected chi connectivity index (χ0v) is 34.3. The third-order valence-corrected chi connectivity index (χ3v) is 12.7. The fraction of sp³-hybridized carbons (Fsp3) is 0.375. The van der Waals surface area contributed by atoms with Gasteiger partial charge in [0.15, 0.2) is 34.5 Å². The van der Waals surface area contributed by atoms with E-state index in [-0.39, 0.29) is 11.6 Å². The van der Waals surface area contributed by atoms with E-state index < -0.39 is 0 Å². The van der Waals surface area contributed by atoms with Gasteiger partial charge in [0.2, 0.25) is 5.75 Å². The Balaban J connectivity index is 1.21. The molecule has 1 fully saturated rings. The van der Waals surface area contributed by atoms with Gasteiger partial charge >= 0.3 is 0 Å². The molecule has 3 atom stereocenters. The quantitative estimate of drug-likeness (QED) is 0.128. The SMILES string of the molecule is COc1ccc2cc1Oc1ccc(cc1)C1CC13c1cc(c(OC)cc1CCN3C)Oc1c(OC)c(OC)c(COCCOc3ccccc3)c3c1[C@H](C2)N(C)CC3. The molecule has 0 aromatic heterocycles. The van der Waals surface area contributed by atoms with E-state index in [0.29, 0.717) is 72.4 Å². The molecule has 1 saturated carbocycles. The van der Waals surface area contributed by atoms with Crippen LogP contribution in [0.5, 0.6) is 51.7 Å². The molecule has 1 aliphatic carbocycles. The van der Waals surface area contributed by atoms with Gasteiger partial charge in [-0.2, -0.15) is 0 Å². The molecule has 58 heavy (non-hydrogen) atoms. The molecule has 4 aliphatic heterocycles. The molecular formula is C48H52N2O8. The first-order valence-electron chi connectivity index (χ1n) is 20.2. The number of methoxy groups -OCH3 is 4. The molecule has 0 amide bonds. The van der Waals surface area contributed by atoms with Crippen molar-refractivity contribution in [2.45, 2.75) is 49.8 Å². The number of likely N-dealkylation sites (N-methyl/N-ethyl adjacent to an activating group) is 2. The van der Waals surface area contributed by atoms with Crippen LogP contribution in [0.4, 0.5) is 0 Å². The van der Waals surface area contributed by atoms with E-state index in [1.54, 1.807) is 28.4 Å². The highest BCUT2D eigenvalue weighted by Crippen LogP contribution is 2.65. The molecule has 302 valence electrons. The highest BCUT2D eigenvalue weighted by molar-refractivity contribution is 5.67. The minimum Gasteiger partial charge on any atom is -0.493 e. The maximum atomic E-state index is 7.28. The molecule has 10 rings (SSSR count). The highest BCUT2D eigenvalue weighted by atomic mass is 16.6. The number of rotatable bonds is 10. The lowest BCUT2D eigenvalue weighted by Crippen LogP contribution is -2.39. The van der Waals surface area contributed by atoms with Crippen LogP contribution in [-0.2, 0) is 36.1 Å². The van der Waals surface area contributed by atoms with Crippen LogP contribution in [0.2, 0.25) is 0 Å². The van der Waals surface area contributed by atoms with E-state index in [1.165, 1.54) is 16.7 Å². The van der Waals surface area contributed by atoms with Crippen molar-refractivity contribution < 1.29 is 37.9 Å². The first-order valence-corrected chi connectivity index (χ1v) is 20.2. The summed E-state index contributed by atoms with van der Waals surface area (Å²) in [5.74, 6) is 6.30. The molecule has 0 radical (unpaired) electrons. The first kappa shape index (κ1) is 38.1. The summed E-state index contributed by atoms with van der Waals surface area (Å²) in [6.45, 7) is 2.91. The van der Waals surface area contributed by atoms with Crippen molar-refractivity contribution >= 4 is 0 Å². The molecule has 4 heterocycles. The largest absolute Gasteiger partial charge is 0.493 e. The summed E-state index contributed by atoms with van der Waals surface area (Å²) in [5.41, 5.74) is 7.89. The van der Waals surface area contributed by atoms with Gasteiger partial charge in [0.25, 0.3) is 0 Å². The molecule has 1 spiro atoms. The maximum absolute atomic E-state index is 7.28. The Bertz CT molecular complexity index is 2300. The Hall–Kier alpha value is -5.42. The Morgan fingerprint density at radius 1 is 0.741 bits per heavy atom. The summed E-state index contributed by atoms with van der Waals surface area (Å²) in [5, 5.41) is 0. The van der Waals surface area contributed by atoms with E-state index in [0.717, 1.165) is 66.1 Å². The Labute approximate surface area is 341 Å². The van der Waals surface area contributed by atoms with E-state index in [1.807, 2.05) is 36.4 Å². The third-order valence-electron chi connectivity index (χ3n) is 12.7. The molecule has 5 aromatic rings. The van der Waals surface area contributed by atoms with Crippen LogP contribution in [0, 0.1) is 0 Å². The number of para-hydroxylation sites is 1. The van der Waals surface area contributed by atoms with Crippen LogP contribution in [0.15, 0.2) is 84.9 Å². The minimum atomic E-state index is -0.168. The summed E-state index contributed by atoms with van der Waals surface area (Å²) >= 11 is 0. The van der Waals surface area contributed by atoms with Crippen molar-refractivity contribution in [1.29, 1.82) is 0 Å². The van der Waals surface area contributed by atoms with Gasteiger partial charge < -0.3 is 37.9 Å². The monoisotopic (exact) mass is 784 g/mol. The summed E-state index contributed by atoms with van der Waals surface area (Å²) in [6.07, 6.45) is 3.36. The van der Waals surface area contributed by atoms with Gasteiger partial charge in [0, 0.05) is 36.2 Å². The normalized spacial score (nSPS) is 20.7. The minimum absolute atomic E-state index is 0.105. The van der Waals surface area contributed by atoms with E-state index >= 15 is 0 Å². The van der Waals surface area contributed by atoms with E-state index in [2.05, 4.69) is 72.4 Å². The van der Waals surface area contributed by atoms with Gasteiger partial charge in [-0.25, -0.2) is 0 Å². The summed E-state index contributed by atoms with van der Waals surface area (Å²) in [6, 6.07) is 28.9. The van der Waals surface area contributed by atoms with Gasteiger partial charge in [-0.3, -0.25) is 9.80 Å². The van der Waals surface area contributed by atoms with E-state index in [9.17, 15) is 0 Å². The average Bonchev–Trinajstić information content (AvgIpc) is 4.00.